The minimum Gasteiger partial charge on any atom is -0.497 e. The Morgan fingerprint density at radius 3 is 2.31 bits per heavy atom. The van der Waals surface area contributed by atoms with Crippen molar-refractivity contribution in [2.45, 2.75) is 13.3 Å². The Balaban J connectivity index is 2.67. The smallest absolute Gasteiger partial charge is 0.119 e. The second-order valence-electron chi connectivity index (χ2n) is 3.12. The first-order chi connectivity index (χ1) is 6.27. The van der Waals surface area contributed by atoms with Crippen molar-refractivity contribution in [2.75, 3.05) is 25.6 Å². The van der Waals surface area contributed by atoms with Gasteiger partial charge in [-0.2, -0.15) is 0 Å². The van der Waals surface area contributed by atoms with E-state index >= 15 is 0 Å². The van der Waals surface area contributed by atoms with Crippen molar-refractivity contribution in [3.8, 4) is 5.75 Å². The maximum Gasteiger partial charge on any atom is 0.119 e. The topological polar surface area (TPSA) is 12.5 Å². The number of benzene rings is 1. The van der Waals surface area contributed by atoms with Crippen LogP contribution in [0.5, 0.6) is 5.75 Å². The lowest BCUT2D eigenvalue weighted by Gasteiger charge is -2.18. The van der Waals surface area contributed by atoms with Crippen LogP contribution >= 0.6 is 0 Å². The molecule has 0 aromatic heterocycles. The van der Waals surface area contributed by atoms with Crippen LogP contribution in [0.15, 0.2) is 24.3 Å². The number of anilines is 1. The average Bonchev–Trinajstić information content (AvgIpc) is 2.18. The first kappa shape index (κ1) is 9.90. The highest BCUT2D eigenvalue weighted by Gasteiger charge is 1.98. The largest absolute Gasteiger partial charge is 0.497 e. The van der Waals surface area contributed by atoms with E-state index in [0.717, 1.165) is 12.3 Å². The summed E-state index contributed by atoms with van der Waals surface area (Å²) in [7, 11) is 3.79. The van der Waals surface area contributed by atoms with Crippen molar-refractivity contribution in [1.82, 2.24) is 0 Å². The van der Waals surface area contributed by atoms with Gasteiger partial charge in [0.05, 0.1) is 7.11 Å². The molecule has 0 aliphatic rings. The molecule has 0 atom stereocenters. The standard InChI is InChI=1S/C11H17NO/c1-4-9-12(2)10-5-7-11(13-3)8-6-10/h5-8H,4,9H2,1-3H3. The van der Waals surface area contributed by atoms with Crippen LogP contribution < -0.4 is 9.64 Å². The summed E-state index contributed by atoms with van der Waals surface area (Å²) in [5, 5.41) is 0. The molecule has 0 heterocycles. The minimum atomic E-state index is 0.911. The quantitative estimate of drug-likeness (QED) is 0.704. The van der Waals surface area contributed by atoms with Crippen molar-refractivity contribution in [1.29, 1.82) is 0 Å². The van der Waals surface area contributed by atoms with Gasteiger partial charge < -0.3 is 9.64 Å². The summed E-state index contributed by atoms with van der Waals surface area (Å²) in [5.74, 6) is 0.911. The van der Waals surface area contributed by atoms with Gasteiger partial charge in [-0.3, -0.25) is 0 Å². The predicted octanol–water partition coefficient (Wildman–Crippen LogP) is 2.54. The average molecular weight is 179 g/mol. The van der Waals surface area contributed by atoms with Crippen LogP contribution in [0.1, 0.15) is 13.3 Å². The van der Waals surface area contributed by atoms with Crippen molar-refractivity contribution in [2.24, 2.45) is 0 Å². The maximum absolute atomic E-state index is 5.09. The zero-order valence-electron chi connectivity index (χ0n) is 8.58. The van der Waals surface area contributed by atoms with Crippen molar-refractivity contribution in [3.05, 3.63) is 24.3 Å². The highest BCUT2D eigenvalue weighted by Crippen LogP contribution is 2.17. The van der Waals surface area contributed by atoms with Gasteiger partial charge in [0.25, 0.3) is 0 Å². The molecule has 0 bridgehead atoms. The molecule has 1 aromatic rings. The lowest BCUT2D eigenvalue weighted by molar-refractivity contribution is 0.415. The molecule has 0 saturated heterocycles. The zero-order valence-corrected chi connectivity index (χ0v) is 8.58. The van der Waals surface area contributed by atoms with E-state index in [0.29, 0.717) is 0 Å². The normalized spacial score (nSPS) is 9.77. The fourth-order valence-corrected chi connectivity index (χ4v) is 1.30. The molecule has 0 radical (unpaired) electrons. The molecule has 0 N–H and O–H groups in total. The number of nitrogens with zero attached hydrogens (tertiary/aromatic N) is 1. The highest BCUT2D eigenvalue weighted by atomic mass is 16.5. The van der Waals surface area contributed by atoms with Gasteiger partial charge in [-0.15, -0.1) is 0 Å². The molecule has 0 aliphatic heterocycles. The number of hydrogen-bond donors (Lipinski definition) is 0. The van der Waals surface area contributed by atoms with E-state index in [9.17, 15) is 0 Å². The van der Waals surface area contributed by atoms with E-state index < -0.39 is 0 Å². The van der Waals surface area contributed by atoms with E-state index in [2.05, 4.69) is 31.0 Å². The third-order valence-corrected chi connectivity index (χ3v) is 2.07. The third kappa shape index (κ3) is 2.65. The van der Waals surface area contributed by atoms with Gasteiger partial charge >= 0.3 is 0 Å². The number of methoxy groups -OCH3 is 1. The second-order valence-corrected chi connectivity index (χ2v) is 3.12. The van der Waals surface area contributed by atoms with Crippen LogP contribution in [0, 0.1) is 0 Å². The lowest BCUT2D eigenvalue weighted by Crippen LogP contribution is -2.17. The van der Waals surface area contributed by atoms with Gasteiger partial charge in [-0.05, 0) is 30.7 Å². The van der Waals surface area contributed by atoms with Crippen LogP contribution in [0.3, 0.4) is 0 Å². The summed E-state index contributed by atoms with van der Waals surface area (Å²) in [6, 6.07) is 8.13. The molecule has 2 nitrogen and oxygen atoms in total. The molecule has 0 saturated carbocycles. The zero-order chi connectivity index (χ0) is 9.68. The van der Waals surface area contributed by atoms with Gasteiger partial charge in [0.1, 0.15) is 5.75 Å². The fraction of sp³-hybridized carbons (Fsp3) is 0.455. The number of rotatable bonds is 4. The van der Waals surface area contributed by atoms with E-state index in [1.807, 2.05) is 12.1 Å². The van der Waals surface area contributed by atoms with E-state index in [4.69, 9.17) is 4.74 Å². The van der Waals surface area contributed by atoms with Crippen molar-refractivity contribution in [3.63, 3.8) is 0 Å². The monoisotopic (exact) mass is 179 g/mol. The summed E-state index contributed by atoms with van der Waals surface area (Å²) in [5.41, 5.74) is 1.24. The highest BCUT2D eigenvalue weighted by molar-refractivity contribution is 5.48. The first-order valence-corrected chi connectivity index (χ1v) is 4.63. The van der Waals surface area contributed by atoms with E-state index in [1.54, 1.807) is 7.11 Å². The Morgan fingerprint density at radius 1 is 1.23 bits per heavy atom. The Kier molecular flexibility index (Phi) is 3.62. The van der Waals surface area contributed by atoms with E-state index in [1.165, 1.54) is 12.1 Å². The Labute approximate surface area is 80.1 Å². The van der Waals surface area contributed by atoms with Gasteiger partial charge in [-0.25, -0.2) is 0 Å². The summed E-state index contributed by atoms with van der Waals surface area (Å²) in [6.07, 6.45) is 1.17. The Bertz CT molecular complexity index is 243. The summed E-state index contributed by atoms with van der Waals surface area (Å²) >= 11 is 0. The van der Waals surface area contributed by atoms with Crippen LogP contribution in [0.2, 0.25) is 0 Å². The van der Waals surface area contributed by atoms with E-state index in [-0.39, 0.29) is 0 Å². The summed E-state index contributed by atoms with van der Waals surface area (Å²) in [6.45, 7) is 3.27. The molecule has 0 unspecified atom stereocenters. The maximum atomic E-state index is 5.09. The molecule has 1 rings (SSSR count). The molecule has 0 aliphatic carbocycles. The molecular formula is C11H17NO. The predicted molar refractivity (Wildman–Crippen MR) is 56.6 cm³/mol. The fourth-order valence-electron chi connectivity index (χ4n) is 1.30. The SMILES string of the molecule is CCCN(C)c1ccc(OC)cc1. The van der Waals surface area contributed by atoms with Gasteiger partial charge in [-0.1, -0.05) is 6.92 Å². The first-order valence-electron chi connectivity index (χ1n) is 4.63. The molecule has 0 amide bonds. The summed E-state index contributed by atoms with van der Waals surface area (Å²) < 4.78 is 5.09. The molecule has 2 heteroatoms. The minimum absolute atomic E-state index is 0.911. The Morgan fingerprint density at radius 2 is 1.85 bits per heavy atom. The molecule has 1 aromatic carbocycles. The van der Waals surface area contributed by atoms with Crippen LogP contribution in [-0.4, -0.2) is 20.7 Å². The molecule has 13 heavy (non-hydrogen) atoms. The van der Waals surface area contributed by atoms with Crippen molar-refractivity contribution < 1.29 is 4.74 Å². The van der Waals surface area contributed by atoms with Gasteiger partial charge in [0.2, 0.25) is 0 Å². The molecule has 0 fully saturated rings. The summed E-state index contributed by atoms with van der Waals surface area (Å²) in [4.78, 5) is 2.24. The van der Waals surface area contributed by atoms with Gasteiger partial charge in [0, 0.05) is 19.3 Å². The van der Waals surface area contributed by atoms with Crippen LogP contribution in [-0.2, 0) is 0 Å². The third-order valence-electron chi connectivity index (χ3n) is 2.07. The second kappa shape index (κ2) is 4.75. The molecule has 0 spiro atoms. The lowest BCUT2D eigenvalue weighted by atomic mass is 10.2. The number of ether oxygens (including phenoxy) is 1. The van der Waals surface area contributed by atoms with Gasteiger partial charge in [0.15, 0.2) is 0 Å². The van der Waals surface area contributed by atoms with Crippen LogP contribution in [0.4, 0.5) is 5.69 Å². The van der Waals surface area contributed by atoms with Crippen molar-refractivity contribution >= 4 is 5.69 Å². The molecular weight excluding hydrogens is 162 g/mol. The van der Waals surface area contributed by atoms with Crippen LogP contribution in [0.25, 0.3) is 0 Å². The molecule has 72 valence electrons. The number of hydrogen-bond acceptors (Lipinski definition) is 2. The Hall–Kier alpha value is -1.18.